The number of benzene rings is 2. The molecule has 0 aliphatic carbocycles. The van der Waals surface area contributed by atoms with Crippen LogP contribution in [0.2, 0.25) is 0 Å². The molecule has 6 rings (SSSR count). The average molecular weight is 473 g/mol. The maximum atomic E-state index is 13.4. The van der Waals surface area contributed by atoms with Gasteiger partial charge in [-0.05, 0) is 68.2 Å². The monoisotopic (exact) mass is 472 g/mol. The lowest BCUT2D eigenvalue weighted by molar-refractivity contribution is -0.173. The number of fused-ring (bicyclic) bond motifs is 4. The number of methoxy groups -OCH3 is 1. The van der Waals surface area contributed by atoms with Crippen LogP contribution in [0.25, 0.3) is 10.8 Å². The van der Waals surface area contributed by atoms with Crippen LogP contribution in [0, 0.1) is 11.3 Å². The molecule has 6 heteroatoms. The molecule has 0 saturated carbocycles. The third kappa shape index (κ3) is 3.75. The first kappa shape index (κ1) is 22.4. The fraction of sp³-hybridized carbons (Fsp3) is 0.448. The van der Waals surface area contributed by atoms with Gasteiger partial charge in [-0.2, -0.15) is 0 Å². The molecule has 35 heavy (non-hydrogen) atoms. The van der Waals surface area contributed by atoms with Gasteiger partial charge in [0.05, 0.1) is 19.8 Å². The van der Waals surface area contributed by atoms with Crippen molar-refractivity contribution in [2.24, 2.45) is 11.3 Å². The minimum Gasteiger partial charge on any atom is -0.497 e. The number of aromatic nitrogens is 1. The summed E-state index contributed by atoms with van der Waals surface area (Å²) in [5, 5.41) is 1.96. The number of likely N-dealkylation sites (tertiary alicyclic amines) is 1. The highest BCUT2D eigenvalue weighted by atomic mass is 16.5. The van der Waals surface area contributed by atoms with Gasteiger partial charge >= 0.3 is 0 Å². The molecule has 2 aromatic carbocycles. The molecule has 4 heterocycles. The van der Waals surface area contributed by atoms with Gasteiger partial charge in [0, 0.05) is 36.2 Å². The third-order valence-electron chi connectivity index (χ3n) is 8.36. The van der Waals surface area contributed by atoms with Gasteiger partial charge in [-0.1, -0.05) is 24.3 Å². The van der Waals surface area contributed by atoms with Crippen LogP contribution < -0.4 is 9.47 Å². The lowest BCUT2D eigenvalue weighted by Gasteiger charge is -2.54. The number of carbonyl (C=O) groups is 1. The van der Waals surface area contributed by atoms with Gasteiger partial charge in [0.25, 0.3) is 5.91 Å². The van der Waals surface area contributed by atoms with Crippen LogP contribution in [0.1, 0.15) is 55.3 Å². The minimum absolute atomic E-state index is 0.00554. The first-order valence-electron chi connectivity index (χ1n) is 12.5. The number of hydrogen-bond donors (Lipinski definition) is 0. The molecular weight excluding hydrogens is 440 g/mol. The molecule has 3 aliphatic heterocycles. The first-order valence-corrected chi connectivity index (χ1v) is 12.5. The first-order chi connectivity index (χ1) is 16.9. The molecule has 1 aromatic heterocycles. The molecule has 182 valence electrons. The van der Waals surface area contributed by atoms with Crippen LogP contribution in [-0.4, -0.2) is 48.2 Å². The Hall–Kier alpha value is -3.12. The number of carbonyl (C=O) groups excluding carboxylic acids is 1. The Morgan fingerprint density at radius 1 is 1.11 bits per heavy atom. The maximum absolute atomic E-state index is 13.4. The summed E-state index contributed by atoms with van der Waals surface area (Å²) in [7, 11) is 1.69. The Morgan fingerprint density at radius 2 is 1.91 bits per heavy atom. The average Bonchev–Trinajstić information content (AvgIpc) is 2.88. The molecule has 1 spiro atoms. The number of pyridine rings is 1. The Bertz CT molecular complexity index is 1270. The zero-order valence-electron chi connectivity index (χ0n) is 20.6. The third-order valence-corrected chi connectivity index (χ3v) is 8.36. The standard InChI is InChI=1S/C29H32N2O4/c1-28(2)23-17-29(18-34-26(23)22-16-20(33-3)8-9-24(22)35-28)11-14-31(15-12-29)27(32)25-21-7-5-4-6-19(21)10-13-30-25/h4-10,13,16,23,26H,11-12,14-15,17-18H2,1-3H3/t23-,26+/m0/s1. The molecule has 1 amide bonds. The van der Waals surface area contributed by atoms with E-state index in [1.54, 1.807) is 13.3 Å². The van der Waals surface area contributed by atoms with E-state index in [1.807, 2.05) is 47.4 Å². The lowest BCUT2D eigenvalue weighted by Crippen LogP contribution is -2.54. The van der Waals surface area contributed by atoms with E-state index >= 15 is 0 Å². The lowest BCUT2D eigenvalue weighted by atomic mass is 9.64. The molecule has 3 aliphatic rings. The Morgan fingerprint density at radius 3 is 2.71 bits per heavy atom. The van der Waals surface area contributed by atoms with Crippen molar-refractivity contribution in [2.75, 3.05) is 26.8 Å². The van der Waals surface area contributed by atoms with E-state index in [-0.39, 0.29) is 28.9 Å². The van der Waals surface area contributed by atoms with Gasteiger partial charge in [-0.15, -0.1) is 0 Å². The molecular formula is C29H32N2O4. The maximum Gasteiger partial charge on any atom is 0.273 e. The van der Waals surface area contributed by atoms with Crippen molar-refractivity contribution >= 4 is 16.7 Å². The van der Waals surface area contributed by atoms with Gasteiger partial charge in [-0.25, -0.2) is 0 Å². The highest BCUT2D eigenvalue weighted by molar-refractivity contribution is 6.05. The quantitative estimate of drug-likeness (QED) is 0.499. The molecule has 2 fully saturated rings. The molecule has 2 saturated heterocycles. The van der Waals surface area contributed by atoms with E-state index in [2.05, 4.69) is 24.9 Å². The van der Waals surface area contributed by atoms with Crippen molar-refractivity contribution < 1.29 is 19.0 Å². The van der Waals surface area contributed by atoms with Crippen LogP contribution in [-0.2, 0) is 4.74 Å². The zero-order valence-corrected chi connectivity index (χ0v) is 20.6. The molecule has 6 nitrogen and oxygen atoms in total. The molecule has 3 aromatic rings. The second-order valence-electron chi connectivity index (χ2n) is 10.8. The Kier molecular flexibility index (Phi) is 5.26. The predicted molar refractivity (Wildman–Crippen MR) is 134 cm³/mol. The fourth-order valence-corrected chi connectivity index (χ4v) is 6.23. The van der Waals surface area contributed by atoms with Gasteiger partial charge in [0.1, 0.15) is 22.8 Å². The topological polar surface area (TPSA) is 60.9 Å². The van der Waals surface area contributed by atoms with Crippen LogP contribution in [0.3, 0.4) is 0 Å². The number of ether oxygens (including phenoxy) is 3. The van der Waals surface area contributed by atoms with Crippen LogP contribution in [0.4, 0.5) is 0 Å². The van der Waals surface area contributed by atoms with Crippen molar-refractivity contribution in [3.8, 4) is 11.5 Å². The van der Waals surface area contributed by atoms with Crippen LogP contribution in [0.5, 0.6) is 11.5 Å². The summed E-state index contributed by atoms with van der Waals surface area (Å²) in [6, 6.07) is 15.9. The SMILES string of the molecule is COc1ccc2c(c1)[C@H]1OCC3(CCN(C(=O)c4nccc5ccccc45)CC3)C[C@@H]1C(C)(C)O2. The fourth-order valence-electron chi connectivity index (χ4n) is 6.23. The molecule has 0 unspecified atom stereocenters. The van der Waals surface area contributed by atoms with Crippen molar-refractivity contribution in [1.29, 1.82) is 0 Å². The van der Waals surface area contributed by atoms with E-state index in [1.165, 1.54) is 0 Å². The molecule has 0 bridgehead atoms. The van der Waals surface area contributed by atoms with E-state index in [4.69, 9.17) is 14.2 Å². The van der Waals surface area contributed by atoms with Crippen molar-refractivity contribution in [3.63, 3.8) is 0 Å². The van der Waals surface area contributed by atoms with Gasteiger partial charge in [0.15, 0.2) is 0 Å². The second-order valence-corrected chi connectivity index (χ2v) is 10.8. The van der Waals surface area contributed by atoms with Crippen LogP contribution in [0.15, 0.2) is 54.7 Å². The van der Waals surface area contributed by atoms with Crippen molar-refractivity contribution in [3.05, 3.63) is 66.0 Å². The molecule has 2 atom stereocenters. The molecule has 0 N–H and O–H groups in total. The second kappa shape index (κ2) is 8.23. The van der Waals surface area contributed by atoms with Gasteiger partial charge in [-0.3, -0.25) is 9.78 Å². The van der Waals surface area contributed by atoms with Crippen molar-refractivity contribution in [2.45, 2.75) is 44.8 Å². The highest BCUT2D eigenvalue weighted by Gasteiger charge is 2.53. The minimum atomic E-state index is -0.334. The summed E-state index contributed by atoms with van der Waals surface area (Å²) in [6.07, 6.45) is 4.60. The summed E-state index contributed by atoms with van der Waals surface area (Å²) in [5.41, 5.74) is 1.35. The largest absolute Gasteiger partial charge is 0.497 e. The van der Waals surface area contributed by atoms with E-state index < -0.39 is 0 Å². The molecule has 0 radical (unpaired) electrons. The number of hydrogen-bond acceptors (Lipinski definition) is 5. The highest BCUT2D eigenvalue weighted by Crippen LogP contribution is 2.56. The number of piperidine rings is 1. The normalized spacial score (nSPS) is 24.4. The van der Waals surface area contributed by atoms with E-state index in [0.717, 1.165) is 60.2 Å². The Balaban J connectivity index is 1.20. The number of rotatable bonds is 2. The van der Waals surface area contributed by atoms with E-state index in [0.29, 0.717) is 12.3 Å². The van der Waals surface area contributed by atoms with Gasteiger partial charge in [0.2, 0.25) is 0 Å². The summed E-state index contributed by atoms with van der Waals surface area (Å²) in [4.78, 5) is 19.8. The summed E-state index contributed by atoms with van der Waals surface area (Å²) >= 11 is 0. The summed E-state index contributed by atoms with van der Waals surface area (Å²) in [5.74, 6) is 1.96. The summed E-state index contributed by atoms with van der Waals surface area (Å²) in [6.45, 7) is 6.48. The predicted octanol–water partition coefficient (Wildman–Crippen LogP) is 5.41. The number of amides is 1. The van der Waals surface area contributed by atoms with Crippen molar-refractivity contribution in [1.82, 2.24) is 9.88 Å². The number of nitrogens with zero attached hydrogens (tertiary/aromatic N) is 2. The van der Waals surface area contributed by atoms with Crippen LogP contribution >= 0.6 is 0 Å². The van der Waals surface area contributed by atoms with Gasteiger partial charge < -0.3 is 19.1 Å². The Labute approximate surface area is 206 Å². The zero-order chi connectivity index (χ0) is 24.2. The van der Waals surface area contributed by atoms with E-state index in [9.17, 15) is 4.79 Å². The smallest absolute Gasteiger partial charge is 0.273 e. The summed E-state index contributed by atoms with van der Waals surface area (Å²) < 4.78 is 18.6.